The summed E-state index contributed by atoms with van der Waals surface area (Å²) in [6.45, 7) is 8.90. The SMILES string of the molecule is CCOC(CC(C)C(C)N1C(=O)c2ccccc2C1=O)OCC. The summed E-state index contributed by atoms with van der Waals surface area (Å²) in [5.41, 5.74) is 0.977. The van der Waals surface area contributed by atoms with Crippen LogP contribution in [0.3, 0.4) is 0 Å². The molecular weight excluding hydrogens is 294 g/mol. The van der Waals surface area contributed by atoms with Crippen molar-refractivity contribution in [3.63, 3.8) is 0 Å². The number of nitrogens with zero attached hydrogens (tertiary/aromatic N) is 1. The fourth-order valence-electron chi connectivity index (χ4n) is 2.89. The van der Waals surface area contributed by atoms with Crippen molar-refractivity contribution in [1.82, 2.24) is 4.90 Å². The van der Waals surface area contributed by atoms with Gasteiger partial charge in [0, 0.05) is 25.7 Å². The summed E-state index contributed by atoms with van der Waals surface area (Å²) in [6, 6.07) is 6.75. The van der Waals surface area contributed by atoms with E-state index in [2.05, 4.69) is 0 Å². The quantitative estimate of drug-likeness (QED) is 0.546. The molecular formula is C18H25NO4. The normalized spacial score (nSPS) is 16.8. The third-order valence-electron chi connectivity index (χ3n) is 4.33. The Morgan fingerprint density at radius 3 is 1.87 bits per heavy atom. The molecule has 0 aromatic heterocycles. The van der Waals surface area contributed by atoms with Crippen LogP contribution in [-0.4, -0.2) is 42.3 Å². The Bertz CT molecular complexity index is 531. The summed E-state index contributed by atoms with van der Waals surface area (Å²) in [4.78, 5) is 26.4. The van der Waals surface area contributed by atoms with E-state index in [9.17, 15) is 9.59 Å². The number of carbonyl (C=O) groups excluding carboxylic acids is 2. The zero-order valence-corrected chi connectivity index (χ0v) is 14.2. The minimum Gasteiger partial charge on any atom is -0.353 e. The molecule has 2 amide bonds. The molecule has 0 saturated heterocycles. The standard InChI is InChI=1S/C18H25NO4/c1-5-22-16(23-6-2)11-12(3)13(4)19-17(20)14-9-7-8-10-15(14)18(19)21/h7-10,12-13,16H,5-6,11H2,1-4H3. The van der Waals surface area contributed by atoms with Crippen LogP contribution in [0.4, 0.5) is 0 Å². The lowest BCUT2D eigenvalue weighted by Crippen LogP contribution is -2.42. The van der Waals surface area contributed by atoms with Crippen molar-refractivity contribution >= 4 is 11.8 Å². The van der Waals surface area contributed by atoms with Crippen LogP contribution in [0.15, 0.2) is 24.3 Å². The molecule has 1 aromatic rings. The molecule has 1 aliphatic heterocycles. The van der Waals surface area contributed by atoms with Crippen molar-refractivity contribution in [3.8, 4) is 0 Å². The van der Waals surface area contributed by atoms with Crippen LogP contribution in [0, 0.1) is 5.92 Å². The Balaban J connectivity index is 2.10. The van der Waals surface area contributed by atoms with E-state index in [-0.39, 0.29) is 30.1 Å². The first kappa shape index (κ1) is 17.6. The lowest BCUT2D eigenvalue weighted by molar-refractivity contribution is -0.147. The first-order valence-corrected chi connectivity index (χ1v) is 8.21. The highest BCUT2D eigenvalue weighted by Gasteiger charge is 2.40. The molecule has 5 heteroatoms. The second kappa shape index (κ2) is 7.70. The van der Waals surface area contributed by atoms with Crippen molar-refractivity contribution in [2.75, 3.05) is 13.2 Å². The highest BCUT2D eigenvalue weighted by molar-refractivity contribution is 6.21. The number of imide groups is 1. The van der Waals surface area contributed by atoms with Crippen molar-refractivity contribution in [2.24, 2.45) is 5.92 Å². The first-order valence-electron chi connectivity index (χ1n) is 8.21. The fourth-order valence-corrected chi connectivity index (χ4v) is 2.89. The van der Waals surface area contributed by atoms with E-state index < -0.39 is 0 Å². The van der Waals surface area contributed by atoms with Crippen LogP contribution in [0.1, 0.15) is 54.8 Å². The molecule has 0 aliphatic carbocycles. The van der Waals surface area contributed by atoms with Gasteiger partial charge in [-0.05, 0) is 38.8 Å². The van der Waals surface area contributed by atoms with Crippen LogP contribution >= 0.6 is 0 Å². The summed E-state index contributed by atoms with van der Waals surface area (Å²) >= 11 is 0. The monoisotopic (exact) mass is 319 g/mol. The van der Waals surface area contributed by atoms with Gasteiger partial charge in [-0.3, -0.25) is 14.5 Å². The number of carbonyl (C=O) groups is 2. The summed E-state index contributed by atoms with van der Waals surface area (Å²) in [7, 11) is 0. The Kier molecular flexibility index (Phi) is 5.91. The van der Waals surface area contributed by atoms with E-state index in [0.717, 1.165) is 0 Å². The first-order chi connectivity index (χ1) is 11.0. The zero-order valence-electron chi connectivity index (χ0n) is 14.2. The molecule has 1 aliphatic rings. The molecule has 2 atom stereocenters. The van der Waals surface area contributed by atoms with Gasteiger partial charge in [0.25, 0.3) is 11.8 Å². The number of benzene rings is 1. The number of hydrogen-bond acceptors (Lipinski definition) is 4. The third-order valence-corrected chi connectivity index (χ3v) is 4.33. The number of hydrogen-bond donors (Lipinski definition) is 0. The fraction of sp³-hybridized carbons (Fsp3) is 0.556. The Hall–Kier alpha value is -1.72. The maximum absolute atomic E-state index is 12.5. The van der Waals surface area contributed by atoms with Crippen molar-refractivity contribution in [3.05, 3.63) is 35.4 Å². The molecule has 23 heavy (non-hydrogen) atoms. The van der Waals surface area contributed by atoms with Gasteiger partial charge in [0.1, 0.15) is 0 Å². The summed E-state index contributed by atoms with van der Waals surface area (Å²) in [5, 5.41) is 0. The average molecular weight is 319 g/mol. The van der Waals surface area contributed by atoms with Crippen molar-refractivity contribution in [2.45, 2.75) is 46.4 Å². The van der Waals surface area contributed by atoms with Crippen LogP contribution in [0.2, 0.25) is 0 Å². The zero-order chi connectivity index (χ0) is 17.0. The van der Waals surface area contributed by atoms with E-state index in [1.54, 1.807) is 24.3 Å². The molecule has 126 valence electrons. The van der Waals surface area contributed by atoms with E-state index in [0.29, 0.717) is 30.8 Å². The maximum Gasteiger partial charge on any atom is 0.261 e. The molecule has 5 nitrogen and oxygen atoms in total. The van der Waals surface area contributed by atoms with Crippen LogP contribution in [0.25, 0.3) is 0 Å². The average Bonchev–Trinajstić information content (AvgIpc) is 2.79. The molecule has 2 rings (SSSR count). The van der Waals surface area contributed by atoms with E-state index in [1.165, 1.54) is 4.90 Å². The molecule has 1 aromatic carbocycles. The second-order valence-corrected chi connectivity index (χ2v) is 5.82. The lowest BCUT2D eigenvalue weighted by Gasteiger charge is -2.30. The molecule has 1 heterocycles. The lowest BCUT2D eigenvalue weighted by atomic mass is 9.98. The minimum absolute atomic E-state index is 0.0697. The number of ether oxygens (including phenoxy) is 2. The van der Waals surface area contributed by atoms with Crippen LogP contribution in [0.5, 0.6) is 0 Å². The van der Waals surface area contributed by atoms with E-state index in [4.69, 9.17) is 9.47 Å². The Morgan fingerprint density at radius 2 is 1.43 bits per heavy atom. The molecule has 0 radical (unpaired) electrons. The Morgan fingerprint density at radius 1 is 0.957 bits per heavy atom. The maximum atomic E-state index is 12.5. The number of rotatable bonds is 8. The van der Waals surface area contributed by atoms with Crippen LogP contribution in [-0.2, 0) is 9.47 Å². The van der Waals surface area contributed by atoms with E-state index >= 15 is 0 Å². The van der Waals surface area contributed by atoms with Gasteiger partial charge < -0.3 is 9.47 Å². The third kappa shape index (κ3) is 3.62. The van der Waals surface area contributed by atoms with Gasteiger partial charge in [-0.1, -0.05) is 19.1 Å². The summed E-state index contributed by atoms with van der Waals surface area (Å²) in [5.74, 6) is -0.357. The predicted molar refractivity (Wildman–Crippen MR) is 87.2 cm³/mol. The molecule has 2 unspecified atom stereocenters. The van der Waals surface area contributed by atoms with Gasteiger partial charge in [-0.25, -0.2) is 0 Å². The van der Waals surface area contributed by atoms with E-state index in [1.807, 2.05) is 27.7 Å². The van der Waals surface area contributed by atoms with Crippen molar-refractivity contribution < 1.29 is 19.1 Å². The summed E-state index contributed by atoms with van der Waals surface area (Å²) < 4.78 is 11.1. The van der Waals surface area contributed by atoms with Crippen LogP contribution < -0.4 is 0 Å². The largest absolute Gasteiger partial charge is 0.353 e. The molecule has 0 spiro atoms. The molecule has 0 fully saturated rings. The highest BCUT2D eigenvalue weighted by atomic mass is 16.7. The number of fused-ring (bicyclic) bond motifs is 1. The predicted octanol–water partition coefficient (Wildman–Crippen LogP) is 3.10. The minimum atomic E-state index is -0.308. The smallest absolute Gasteiger partial charge is 0.261 e. The van der Waals surface area contributed by atoms with Gasteiger partial charge in [0.2, 0.25) is 0 Å². The highest BCUT2D eigenvalue weighted by Crippen LogP contribution is 2.28. The van der Waals surface area contributed by atoms with Gasteiger partial charge in [-0.2, -0.15) is 0 Å². The van der Waals surface area contributed by atoms with Gasteiger partial charge in [-0.15, -0.1) is 0 Å². The van der Waals surface area contributed by atoms with Gasteiger partial charge >= 0.3 is 0 Å². The molecule has 0 saturated carbocycles. The second-order valence-electron chi connectivity index (χ2n) is 5.82. The van der Waals surface area contributed by atoms with Gasteiger partial charge in [0.15, 0.2) is 6.29 Å². The molecule has 0 N–H and O–H groups in total. The topological polar surface area (TPSA) is 55.8 Å². The van der Waals surface area contributed by atoms with Crippen molar-refractivity contribution in [1.29, 1.82) is 0 Å². The molecule has 0 bridgehead atoms. The van der Waals surface area contributed by atoms with Gasteiger partial charge in [0.05, 0.1) is 11.1 Å². The summed E-state index contributed by atoms with van der Waals surface area (Å²) in [6.07, 6.45) is 0.327. The Labute approximate surface area is 137 Å². The number of amides is 2.